The van der Waals surface area contributed by atoms with Crippen molar-refractivity contribution in [3.63, 3.8) is 0 Å². The van der Waals surface area contributed by atoms with E-state index in [2.05, 4.69) is 40.5 Å². The number of hydrogen-bond donors (Lipinski definition) is 3. The van der Waals surface area contributed by atoms with Crippen LogP contribution in [-0.2, 0) is 13.0 Å². The SMILES string of the molecule is OCc1ccc2c(c1)-c1[nH]nc(-c3ccc(-c4ccc(O)cc4)cc3)c1C2. The molecule has 3 N–H and O–H groups in total. The van der Waals surface area contributed by atoms with Crippen LogP contribution in [0.25, 0.3) is 33.6 Å². The topological polar surface area (TPSA) is 69.1 Å². The fraction of sp³-hybridized carbons (Fsp3) is 0.0870. The molecule has 1 aliphatic carbocycles. The Bertz CT molecular complexity index is 1130. The highest BCUT2D eigenvalue weighted by Crippen LogP contribution is 2.40. The van der Waals surface area contributed by atoms with Gasteiger partial charge >= 0.3 is 0 Å². The Hall–Kier alpha value is -3.37. The summed E-state index contributed by atoms with van der Waals surface area (Å²) in [5.41, 5.74) is 9.78. The smallest absolute Gasteiger partial charge is 0.115 e. The molecule has 0 aliphatic heterocycles. The van der Waals surface area contributed by atoms with Gasteiger partial charge in [-0.25, -0.2) is 0 Å². The van der Waals surface area contributed by atoms with Crippen molar-refractivity contribution in [2.24, 2.45) is 0 Å². The van der Waals surface area contributed by atoms with Crippen LogP contribution in [0.5, 0.6) is 5.75 Å². The number of aromatic nitrogens is 2. The number of nitrogens with zero attached hydrogens (tertiary/aromatic N) is 1. The number of nitrogens with one attached hydrogen (secondary N) is 1. The number of aromatic hydroxyl groups is 1. The lowest BCUT2D eigenvalue weighted by atomic mass is 10.0. The summed E-state index contributed by atoms with van der Waals surface area (Å²) in [6.45, 7) is 0.0440. The average Bonchev–Trinajstić information content (AvgIpc) is 3.27. The second-order valence-electron chi connectivity index (χ2n) is 6.88. The molecule has 4 nitrogen and oxygen atoms in total. The number of fused-ring (bicyclic) bond motifs is 3. The predicted molar refractivity (Wildman–Crippen MR) is 105 cm³/mol. The van der Waals surface area contributed by atoms with Crippen LogP contribution in [0.3, 0.4) is 0 Å². The number of phenols is 1. The van der Waals surface area contributed by atoms with Crippen LogP contribution in [0.1, 0.15) is 16.7 Å². The number of aliphatic hydroxyl groups is 1. The lowest BCUT2D eigenvalue weighted by molar-refractivity contribution is 0.282. The van der Waals surface area contributed by atoms with Crippen LogP contribution in [0.4, 0.5) is 0 Å². The van der Waals surface area contributed by atoms with Crippen molar-refractivity contribution in [2.45, 2.75) is 13.0 Å². The van der Waals surface area contributed by atoms with E-state index in [0.29, 0.717) is 0 Å². The van der Waals surface area contributed by atoms with Crippen molar-refractivity contribution in [2.75, 3.05) is 0 Å². The van der Waals surface area contributed by atoms with E-state index < -0.39 is 0 Å². The molecule has 0 radical (unpaired) electrons. The third-order valence-corrected chi connectivity index (χ3v) is 5.22. The van der Waals surface area contributed by atoms with Crippen molar-refractivity contribution in [3.8, 4) is 39.4 Å². The van der Waals surface area contributed by atoms with E-state index in [4.69, 9.17) is 0 Å². The number of aromatic amines is 1. The molecule has 0 atom stereocenters. The first-order valence-corrected chi connectivity index (χ1v) is 8.93. The zero-order valence-electron chi connectivity index (χ0n) is 14.6. The molecule has 0 spiro atoms. The molecule has 3 aromatic carbocycles. The summed E-state index contributed by atoms with van der Waals surface area (Å²) in [7, 11) is 0. The van der Waals surface area contributed by atoms with E-state index in [1.54, 1.807) is 12.1 Å². The van der Waals surface area contributed by atoms with Gasteiger partial charge in [-0.2, -0.15) is 5.10 Å². The Morgan fingerprint density at radius 2 is 1.52 bits per heavy atom. The molecule has 27 heavy (non-hydrogen) atoms. The summed E-state index contributed by atoms with van der Waals surface area (Å²) in [6, 6.07) is 21.6. The highest BCUT2D eigenvalue weighted by molar-refractivity contribution is 5.82. The van der Waals surface area contributed by atoms with Gasteiger partial charge in [0, 0.05) is 23.1 Å². The van der Waals surface area contributed by atoms with Gasteiger partial charge in [-0.3, -0.25) is 5.10 Å². The highest BCUT2D eigenvalue weighted by atomic mass is 16.3. The van der Waals surface area contributed by atoms with E-state index >= 15 is 0 Å². The van der Waals surface area contributed by atoms with Crippen molar-refractivity contribution in [1.29, 1.82) is 0 Å². The van der Waals surface area contributed by atoms with Crippen LogP contribution < -0.4 is 0 Å². The molecule has 0 saturated heterocycles. The Labute approximate surface area is 156 Å². The number of phenolic OH excluding ortho intramolecular Hbond substituents is 1. The minimum absolute atomic E-state index is 0.0440. The fourth-order valence-electron chi connectivity index (χ4n) is 3.77. The second kappa shape index (κ2) is 6.11. The average molecular weight is 354 g/mol. The van der Waals surface area contributed by atoms with Gasteiger partial charge in [-0.15, -0.1) is 0 Å². The third kappa shape index (κ3) is 2.62. The maximum atomic E-state index is 9.44. The molecule has 1 heterocycles. The number of rotatable bonds is 3. The van der Waals surface area contributed by atoms with Gasteiger partial charge in [0.2, 0.25) is 0 Å². The molecule has 0 amide bonds. The van der Waals surface area contributed by atoms with E-state index in [0.717, 1.165) is 45.6 Å². The van der Waals surface area contributed by atoms with Crippen LogP contribution in [-0.4, -0.2) is 20.4 Å². The van der Waals surface area contributed by atoms with Gasteiger partial charge in [0.15, 0.2) is 0 Å². The molecule has 4 heteroatoms. The molecule has 1 aliphatic rings. The van der Waals surface area contributed by atoms with Gasteiger partial charge in [-0.05, 0) is 40.5 Å². The maximum Gasteiger partial charge on any atom is 0.115 e. The van der Waals surface area contributed by atoms with Gasteiger partial charge in [0.05, 0.1) is 18.0 Å². The number of aliphatic hydroxyl groups excluding tert-OH is 1. The Balaban J connectivity index is 1.50. The highest BCUT2D eigenvalue weighted by Gasteiger charge is 2.25. The fourth-order valence-corrected chi connectivity index (χ4v) is 3.77. The van der Waals surface area contributed by atoms with Crippen molar-refractivity contribution in [3.05, 3.63) is 83.4 Å². The van der Waals surface area contributed by atoms with Gasteiger partial charge in [0.1, 0.15) is 5.75 Å². The molecule has 5 rings (SSSR count). The minimum atomic E-state index is 0.0440. The number of benzene rings is 3. The molecule has 1 aromatic heterocycles. The van der Waals surface area contributed by atoms with Crippen molar-refractivity contribution in [1.82, 2.24) is 10.2 Å². The second-order valence-corrected chi connectivity index (χ2v) is 6.88. The minimum Gasteiger partial charge on any atom is -0.508 e. The summed E-state index contributed by atoms with van der Waals surface area (Å²) >= 11 is 0. The Morgan fingerprint density at radius 1 is 0.852 bits per heavy atom. The van der Waals surface area contributed by atoms with Crippen LogP contribution in [0, 0.1) is 0 Å². The van der Waals surface area contributed by atoms with E-state index in [1.807, 2.05) is 24.3 Å². The van der Waals surface area contributed by atoms with Crippen molar-refractivity contribution >= 4 is 0 Å². The van der Waals surface area contributed by atoms with Gasteiger partial charge in [0.25, 0.3) is 0 Å². The van der Waals surface area contributed by atoms with E-state index in [1.165, 1.54) is 11.1 Å². The third-order valence-electron chi connectivity index (χ3n) is 5.22. The molecule has 132 valence electrons. The van der Waals surface area contributed by atoms with Crippen LogP contribution >= 0.6 is 0 Å². The summed E-state index contributed by atoms with van der Waals surface area (Å²) in [5, 5.41) is 26.6. The maximum absolute atomic E-state index is 9.44. The van der Waals surface area contributed by atoms with E-state index in [9.17, 15) is 10.2 Å². The van der Waals surface area contributed by atoms with Crippen LogP contribution in [0.2, 0.25) is 0 Å². The standard InChI is InChI=1S/C23H18N2O2/c26-13-14-1-2-18-12-21-22(24-25-23(21)20(18)11-14)17-5-3-15(4-6-17)16-7-9-19(27)10-8-16/h1-11,26-27H,12-13H2,(H,24,25). The Kier molecular flexibility index (Phi) is 3.59. The monoisotopic (exact) mass is 354 g/mol. The molecule has 0 bridgehead atoms. The lowest BCUT2D eigenvalue weighted by Crippen LogP contribution is -1.89. The van der Waals surface area contributed by atoms with Crippen LogP contribution in [0.15, 0.2) is 66.7 Å². The number of hydrogen-bond acceptors (Lipinski definition) is 3. The lowest BCUT2D eigenvalue weighted by Gasteiger charge is -2.05. The normalized spacial score (nSPS) is 12.0. The van der Waals surface area contributed by atoms with Crippen molar-refractivity contribution < 1.29 is 10.2 Å². The summed E-state index contributed by atoms with van der Waals surface area (Å²) in [6.07, 6.45) is 0.849. The first kappa shape index (κ1) is 15.9. The number of H-pyrrole nitrogens is 1. The summed E-state index contributed by atoms with van der Waals surface area (Å²) in [5.74, 6) is 0.270. The summed E-state index contributed by atoms with van der Waals surface area (Å²) in [4.78, 5) is 0. The first-order valence-electron chi connectivity index (χ1n) is 8.93. The molecular weight excluding hydrogens is 336 g/mol. The van der Waals surface area contributed by atoms with Gasteiger partial charge in [-0.1, -0.05) is 48.5 Å². The quantitative estimate of drug-likeness (QED) is 0.446. The predicted octanol–water partition coefficient (Wildman–Crippen LogP) is 4.51. The molecule has 0 unspecified atom stereocenters. The molecule has 0 saturated carbocycles. The summed E-state index contributed by atoms with van der Waals surface area (Å²) < 4.78 is 0. The largest absolute Gasteiger partial charge is 0.508 e. The van der Waals surface area contributed by atoms with Gasteiger partial charge < -0.3 is 10.2 Å². The zero-order valence-corrected chi connectivity index (χ0v) is 14.6. The van der Waals surface area contributed by atoms with E-state index in [-0.39, 0.29) is 12.4 Å². The molecular formula is C23H18N2O2. The molecule has 4 aromatic rings. The Morgan fingerprint density at radius 3 is 2.22 bits per heavy atom. The first-order chi connectivity index (χ1) is 13.2. The molecule has 0 fully saturated rings. The zero-order chi connectivity index (χ0) is 18.4.